The van der Waals surface area contributed by atoms with Gasteiger partial charge < -0.3 is 28.5 Å². The van der Waals surface area contributed by atoms with E-state index in [-0.39, 0.29) is 18.9 Å². The van der Waals surface area contributed by atoms with Gasteiger partial charge in [0.05, 0.1) is 33.8 Å². The Morgan fingerprint density at radius 2 is 0.793 bits per heavy atom. The number of rotatable bonds is 60. The van der Waals surface area contributed by atoms with Crippen LogP contribution in [0.5, 0.6) is 0 Å². The van der Waals surface area contributed by atoms with Crippen molar-refractivity contribution < 1.29 is 37.3 Å². The second-order valence-corrected chi connectivity index (χ2v) is 25.0. The summed E-state index contributed by atoms with van der Waals surface area (Å²) in [4.78, 5) is 40.1. The van der Waals surface area contributed by atoms with E-state index in [1.54, 1.807) is 0 Å². The third-order valence-corrected chi connectivity index (χ3v) is 15.4. The van der Waals surface area contributed by atoms with E-state index in [0.29, 0.717) is 23.9 Å². The number of nitrogens with one attached hydrogen (secondary N) is 1. The van der Waals surface area contributed by atoms with Crippen LogP contribution in [-0.4, -0.2) is 69.4 Å². The van der Waals surface area contributed by atoms with Crippen molar-refractivity contribution in [3.63, 3.8) is 0 Å². The summed E-state index contributed by atoms with van der Waals surface area (Å²) in [5, 5.41) is 3.02. The van der Waals surface area contributed by atoms with Crippen LogP contribution in [0.25, 0.3) is 0 Å². The molecule has 0 fully saturated rings. The first-order valence-corrected chi connectivity index (χ1v) is 35.2. The van der Waals surface area contributed by atoms with Gasteiger partial charge in [-0.25, -0.2) is 0 Å². The van der Waals surface area contributed by atoms with Crippen molar-refractivity contribution in [3.05, 3.63) is 109 Å². The lowest BCUT2D eigenvalue weighted by molar-refractivity contribution is -0.870. The number of hydrogen-bond donors (Lipinski definition) is 1. The summed E-state index contributed by atoms with van der Waals surface area (Å²) in [6, 6.07) is -0.918. The molecule has 1 N–H and O–H groups in total. The van der Waals surface area contributed by atoms with Crippen LogP contribution in [0.15, 0.2) is 109 Å². The fraction of sp³-hybridized carbons (Fsp3) is 0.722. The Balaban J connectivity index is 5.13. The minimum atomic E-state index is -4.72. The van der Waals surface area contributed by atoms with Crippen molar-refractivity contribution >= 4 is 19.7 Å². The van der Waals surface area contributed by atoms with Crippen molar-refractivity contribution in [2.45, 2.75) is 296 Å². The van der Waals surface area contributed by atoms with Gasteiger partial charge in [0, 0.05) is 12.8 Å². The van der Waals surface area contributed by atoms with Gasteiger partial charge in [0.25, 0.3) is 7.82 Å². The monoisotopic (exact) mass is 1160 g/mol. The van der Waals surface area contributed by atoms with E-state index in [1.165, 1.54) is 148 Å². The summed E-state index contributed by atoms with van der Waals surface area (Å²) >= 11 is 0. The quantitative estimate of drug-likeness (QED) is 0.0212. The first-order chi connectivity index (χ1) is 39.9. The van der Waals surface area contributed by atoms with Crippen LogP contribution in [-0.2, 0) is 27.9 Å². The van der Waals surface area contributed by atoms with Gasteiger partial charge in [0.2, 0.25) is 5.91 Å². The largest absolute Gasteiger partial charge is 0.756 e. The first-order valence-electron chi connectivity index (χ1n) is 33.7. The number of allylic oxidation sites excluding steroid dienone is 17. The van der Waals surface area contributed by atoms with E-state index in [2.05, 4.69) is 123 Å². The fourth-order valence-electron chi connectivity index (χ4n) is 9.27. The first kappa shape index (κ1) is 78.7. The van der Waals surface area contributed by atoms with Crippen LogP contribution in [0, 0.1) is 0 Å². The van der Waals surface area contributed by atoms with Crippen LogP contribution < -0.4 is 10.2 Å². The average molecular weight is 1160 g/mol. The molecular formula is C72H127N2O7P. The number of esters is 1. The van der Waals surface area contributed by atoms with Crippen molar-refractivity contribution in [1.82, 2.24) is 5.32 Å². The SMILES string of the molecule is CC/C=C\C/C=C\C/C=C\C/C=C\C/C=C\CCCC(=O)OC(/C=C\CCCCCCCCCCCC)C(COP(=O)([O-])OCC[N+](C)(C)C)NC(=O)CCCCCCCCCCCCCCCC/C=C\C/C=C\C/C=C\CCCCC. The zero-order valence-electron chi connectivity index (χ0n) is 53.9. The molecule has 0 rings (SSSR count). The van der Waals surface area contributed by atoms with Crippen LogP contribution >= 0.6 is 7.82 Å². The highest BCUT2D eigenvalue weighted by atomic mass is 31.2. The molecule has 1 amide bonds. The summed E-state index contributed by atoms with van der Waals surface area (Å²) in [6.45, 7) is 6.67. The molecule has 10 heteroatoms. The third-order valence-electron chi connectivity index (χ3n) is 14.4. The molecule has 0 saturated carbocycles. The molecule has 0 aromatic carbocycles. The van der Waals surface area contributed by atoms with Gasteiger partial charge in [-0.3, -0.25) is 14.2 Å². The summed E-state index contributed by atoms with van der Waals surface area (Å²) in [5.74, 6) is -0.611. The van der Waals surface area contributed by atoms with Gasteiger partial charge in [-0.05, 0) is 109 Å². The summed E-state index contributed by atoms with van der Waals surface area (Å²) in [7, 11) is 1.15. The Morgan fingerprint density at radius 1 is 0.439 bits per heavy atom. The smallest absolute Gasteiger partial charge is 0.306 e. The van der Waals surface area contributed by atoms with Crippen LogP contribution in [0.2, 0.25) is 0 Å². The Labute approximate surface area is 506 Å². The topological polar surface area (TPSA) is 114 Å². The maximum Gasteiger partial charge on any atom is 0.306 e. The van der Waals surface area contributed by atoms with Crippen molar-refractivity contribution in [2.24, 2.45) is 0 Å². The average Bonchev–Trinajstić information content (AvgIpc) is 3.44. The third kappa shape index (κ3) is 61.2. The predicted octanol–water partition coefficient (Wildman–Crippen LogP) is 20.7. The van der Waals surface area contributed by atoms with Crippen molar-refractivity contribution in [1.29, 1.82) is 0 Å². The number of nitrogens with zero attached hydrogens (tertiary/aromatic N) is 1. The van der Waals surface area contributed by atoms with Crippen LogP contribution in [0.1, 0.15) is 284 Å². The number of ether oxygens (including phenoxy) is 1. The van der Waals surface area contributed by atoms with Crippen molar-refractivity contribution in [2.75, 3.05) is 40.9 Å². The van der Waals surface area contributed by atoms with E-state index in [4.69, 9.17) is 13.8 Å². The van der Waals surface area contributed by atoms with E-state index in [0.717, 1.165) is 96.3 Å². The second kappa shape index (κ2) is 60.8. The maximum absolute atomic E-state index is 13.6. The highest BCUT2D eigenvalue weighted by molar-refractivity contribution is 7.45. The predicted molar refractivity (Wildman–Crippen MR) is 353 cm³/mol. The van der Waals surface area contributed by atoms with Gasteiger partial charge in [0.15, 0.2) is 0 Å². The molecule has 0 bridgehead atoms. The number of quaternary nitrogens is 1. The Kier molecular flexibility index (Phi) is 58.3. The summed E-state index contributed by atoms with van der Waals surface area (Å²) in [5.41, 5.74) is 0. The number of hydrogen-bond acceptors (Lipinski definition) is 7. The summed E-state index contributed by atoms with van der Waals surface area (Å²) < 4.78 is 30.3. The Bertz CT molecular complexity index is 1770. The standard InChI is InChI=1S/C72H127N2O7P/c1-7-10-13-16-19-22-25-28-30-32-33-34-35-36-37-38-39-40-41-43-44-46-49-52-55-58-61-64-71(75)73-69(68-80-82(77,78)79-67-66-74(4,5)6)70(63-60-57-54-51-48-27-24-21-18-15-12-9-3)81-72(76)65-62-59-56-53-50-47-45-42-31-29-26-23-20-17-14-11-8-2/h11,14,19-20,22-23,28-31,33-34,45,47,53,56,60,63,69-70H,7-10,12-13,15-18,21,24-27,32,35-44,46,48-52,54-55,57-59,61-62,64-68H2,1-6H3,(H-,73,75,77,78)/b14-11-,22-19-,23-20-,30-28-,31-29-,34-33-,47-45-,56-53-,63-60-. The molecule has 3 unspecified atom stereocenters. The second-order valence-electron chi connectivity index (χ2n) is 23.6. The van der Waals surface area contributed by atoms with Gasteiger partial charge in [-0.15, -0.1) is 0 Å². The van der Waals surface area contributed by atoms with E-state index < -0.39 is 32.5 Å². The van der Waals surface area contributed by atoms with E-state index >= 15 is 0 Å². The molecular weight excluding hydrogens is 1040 g/mol. The minimum absolute atomic E-state index is 0.0355. The van der Waals surface area contributed by atoms with Gasteiger partial charge in [0.1, 0.15) is 19.3 Å². The van der Waals surface area contributed by atoms with Gasteiger partial charge in [-0.2, -0.15) is 0 Å². The zero-order chi connectivity index (χ0) is 60.0. The lowest BCUT2D eigenvalue weighted by Gasteiger charge is -2.30. The van der Waals surface area contributed by atoms with Crippen molar-refractivity contribution in [3.8, 4) is 0 Å². The van der Waals surface area contributed by atoms with Crippen LogP contribution in [0.3, 0.4) is 0 Å². The number of unbranched alkanes of at least 4 members (excludes halogenated alkanes) is 28. The Hall–Kier alpha value is -3.33. The molecule has 9 nitrogen and oxygen atoms in total. The molecule has 0 aliphatic heterocycles. The molecule has 472 valence electrons. The number of carbonyl (C=O) groups is 2. The molecule has 0 aliphatic carbocycles. The molecule has 0 aliphatic rings. The Morgan fingerprint density at radius 3 is 1.22 bits per heavy atom. The molecule has 3 atom stereocenters. The molecule has 0 radical (unpaired) electrons. The lowest BCUT2D eigenvalue weighted by atomic mass is 10.0. The number of carbonyl (C=O) groups excluding carboxylic acids is 2. The van der Waals surface area contributed by atoms with Gasteiger partial charge in [-0.1, -0.05) is 272 Å². The molecule has 0 aromatic heterocycles. The number of phosphoric acid groups is 1. The summed E-state index contributed by atoms with van der Waals surface area (Å²) in [6.07, 6.45) is 83.6. The molecule has 0 heterocycles. The van der Waals surface area contributed by atoms with Crippen LogP contribution in [0.4, 0.5) is 0 Å². The number of likely N-dealkylation sites (N-methyl/N-ethyl adjacent to an activating group) is 1. The number of phosphoric ester groups is 1. The molecule has 82 heavy (non-hydrogen) atoms. The molecule has 0 saturated heterocycles. The van der Waals surface area contributed by atoms with E-state index in [9.17, 15) is 19.0 Å². The highest BCUT2D eigenvalue weighted by Crippen LogP contribution is 2.38. The maximum atomic E-state index is 13.6. The normalized spacial score (nSPS) is 14.3. The van der Waals surface area contributed by atoms with E-state index in [1.807, 2.05) is 33.3 Å². The molecule has 0 spiro atoms. The highest BCUT2D eigenvalue weighted by Gasteiger charge is 2.27. The van der Waals surface area contributed by atoms with Gasteiger partial charge >= 0.3 is 5.97 Å². The molecule has 0 aromatic rings. The minimum Gasteiger partial charge on any atom is -0.756 e. The number of amides is 1. The lowest BCUT2D eigenvalue weighted by Crippen LogP contribution is -2.47. The fourth-order valence-corrected chi connectivity index (χ4v) is 9.99. The zero-order valence-corrected chi connectivity index (χ0v) is 54.8.